The van der Waals surface area contributed by atoms with Gasteiger partial charge in [0.25, 0.3) is 0 Å². The van der Waals surface area contributed by atoms with Crippen molar-refractivity contribution in [1.29, 1.82) is 5.26 Å². The Bertz CT molecular complexity index is 1210. The van der Waals surface area contributed by atoms with Gasteiger partial charge in [-0.3, -0.25) is 0 Å². The molecule has 1 unspecified atom stereocenters. The minimum atomic E-state index is -2.36. The first-order valence-corrected chi connectivity index (χ1v) is 15.3. The van der Waals surface area contributed by atoms with Crippen molar-refractivity contribution in [2.75, 3.05) is 14.2 Å². The Hall–Kier alpha value is -2.92. The quantitative estimate of drug-likeness (QED) is 0.238. The number of ether oxygens (including phenoxy) is 2. The van der Waals surface area contributed by atoms with Crippen molar-refractivity contribution < 1.29 is 18.7 Å². The number of methoxy groups -OCH3 is 2. The number of hydrogen-bond acceptors (Lipinski definition) is 6. The van der Waals surface area contributed by atoms with Crippen LogP contribution in [0.4, 0.5) is 0 Å². The summed E-state index contributed by atoms with van der Waals surface area (Å²) in [6, 6.07) is 19.6. The fourth-order valence-electron chi connectivity index (χ4n) is 3.68. The summed E-state index contributed by atoms with van der Waals surface area (Å²) in [5.74, 6) is 0.367. The number of nitrogens with zero attached hydrogens (tertiary/aromatic N) is 1. The zero-order valence-corrected chi connectivity index (χ0v) is 23.3. The van der Waals surface area contributed by atoms with Crippen molar-refractivity contribution in [2.24, 2.45) is 0 Å². The normalized spacial score (nSPS) is 13.5. The smallest absolute Gasteiger partial charge is 0.337 e. The molecule has 0 N–H and O–H groups in total. The van der Waals surface area contributed by atoms with Gasteiger partial charge in [0.15, 0.2) is 13.9 Å². The van der Waals surface area contributed by atoms with Gasteiger partial charge in [-0.2, -0.15) is 5.26 Å². The number of benzene rings is 2. The lowest BCUT2D eigenvalue weighted by atomic mass is 9.87. The zero-order valence-electron chi connectivity index (χ0n) is 21.5. The highest BCUT2D eigenvalue weighted by molar-refractivity contribution is 7.13. The Labute approximate surface area is 213 Å². The SMILES string of the molecule is COC(=O)c1ccc(C(C#N)(Cc2ccc(OC)c(-c3cccs3)c2)O[Si](C)(C)C(C)(C)C)cc1. The van der Waals surface area contributed by atoms with Crippen molar-refractivity contribution in [3.8, 4) is 22.3 Å². The van der Waals surface area contributed by atoms with E-state index in [1.54, 1.807) is 42.7 Å². The number of carbonyl (C=O) groups is 1. The van der Waals surface area contributed by atoms with Crippen LogP contribution in [0.25, 0.3) is 10.4 Å². The number of thiophene rings is 1. The summed E-state index contributed by atoms with van der Waals surface area (Å²) in [6.45, 7) is 10.8. The molecule has 0 spiro atoms. The van der Waals surface area contributed by atoms with Crippen molar-refractivity contribution in [2.45, 2.75) is 50.9 Å². The van der Waals surface area contributed by atoms with Gasteiger partial charge >= 0.3 is 5.97 Å². The lowest BCUT2D eigenvalue weighted by Gasteiger charge is -2.43. The van der Waals surface area contributed by atoms with Gasteiger partial charge in [0.2, 0.25) is 0 Å². The molecular formula is C28H33NO4SSi. The molecule has 184 valence electrons. The Morgan fingerprint density at radius 1 is 1.06 bits per heavy atom. The second kappa shape index (κ2) is 10.4. The molecule has 2 aromatic carbocycles. The Balaban J connectivity index is 2.12. The number of nitriles is 1. The first-order valence-electron chi connectivity index (χ1n) is 11.5. The monoisotopic (exact) mass is 507 g/mol. The molecule has 0 radical (unpaired) electrons. The Morgan fingerprint density at radius 3 is 2.26 bits per heavy atom. The highest BCUT2D eigenvalue weighted by Crippen LogP contribution is 2.44. The lowest BCUT2D eigenvalue weighted by Crippen LogP contribution is -2.49. The summed E-state index contributed by atoms with van der Waals surface area (Å²) < 4.78 is 17.3. The number of hydrogen-bond donors (Lipinski definition) is 0. The molecule has 0 aliphatic carbocycles. The molecule has 3 rings (SSSR count). The Morgan fingerprint density at radius 2 is 1.74 bits per heavy atom. The molecular weight excluding hydrogens is 474 g/mol. The maximum absolute atomic E-state index is 12.0. The van der Waals surface area contributed by atoms with Crippen LogP contribution in [0.2, 0.25) is 18.1 Å². The number of rotatable bonds is 8. The predicted octanol–water partition coefficient (Wildman–Crippen LogP) is 7.19. The van der Waals surface area contributed by atoms with Crippen LogP contribution in [-0.4, -0.2) is 28.5 Å². The molecule has 3 aromatic rings. The van der Waals surface area contributed by atoms with Crippen LogP contribution < -0.4 is 4.74 Å². The topological polar surface area (TPSA) is 68.6 Å². The first-order chi connectivity index (χ1) is 16.5. The predicted molar refractivity (Wildman–Crippen MR) is 143 cm³/mol. The maximum atomic E-state index is 12.0. The van der Waals surface area contributed by atoms with Crippen molar-refractivity contribution in [3.63, 3.8) is 0 Å². The third-order valence-electron chi connectivity index (χ3n) is 6.69. The average molecular weight is 508 g/mol. The third-order valence-corrected chi connectivity index (χ3v) is 12.1. The van der Waals surface area contributed by atoms with Gasteiger partial charge in [-0.15, -0.1) is 11.3 Å². The first kappa shape index (κ1) is 26.7. The molecule has 5 nitrogen and oxygen atoms in total. The van der Waals surface area contributed by atoms with Crippen LogP contribution >= 0.6 is 11.3 Å². The van der Waals surface area contributed by atoms with E-state index in [-0.39, 0.29) is 5.04 Å². The van der Waals surface area contributed by atoms with Gasteiger partial charge in [-0.1, -0.05) is 45.0 Å². The van der Waals surface area contributed by atoms with Crippen molar-refractivity contribution in [1.82, 2.24) is 0 Å². The summed E-state index contributed by atoms with van der Waals surface area (Å²) in [5.41, 5.74) is 1.87. The molecule has 0 saturated carbocycles. The molecule has 0 bridgehead atoms. The lowest BCUT2D eigenvalue weighted by molar-refractivity contribution is 0.0600. The highest BCUT2D eigenvalue weighted by Gasteiger charge is 2.46. The van der Waals surface area contributed by atoms with Crippen LogP contribution in [0.15, 0.2) is 60.0 Å². The molecule has 0 aliphatic heterocycles. The molecule has 0 amide bonds. The minimum absolute atomic E-state index is 0.0942. The van der Waals surface area contributed by atoms with Crippen LogP contribution in [0.1, 0.15) is 42.3 Å². The van der Waals surface area contributed by atoms with E-state index in [1.165, 1.54) is 7.11 Å². The molecule has 1 atom stereocenters. The van der Waals surface area contributed by atoms with E-state index in [9.17, 15) is 10.1 Å². The van der Waals surface area contributed by atoms with E-state index in [0.717, 1.165) is 21.8 Å². The number of carbonyl (C=O) groups excluding carboxylic acids is 1. The molecule has 0 aliphatic rings. The van der Waals surface area contributed by atoms with Gasteiger partial charge < -0.3 is 13.9 Å². The second-order valence-corrected chi connectivity index (χ2v) is 15.7. The summed E-state index contributed by atoms with van der Waals surface area (Å²) in [7, 11) is 0.653. The molecule has 35 heavy (non-hydrogen) atoms. The third kappa shape index (κ3) is 5.67. The van der Waals surface area contributed by atoms with E-state index in [1.807, 2.05) is 23.6 Å². The van der Waals surface area contributed by atoms with E-state index in [4.69, 9.17) is 13.9 Å². The maximum Gasteiger partial charge on any atom is 0.337 e. The summed E-state index contributed by atoms with van der Waals surface area (Å²) in [4.78, 5) is 13.1. The van der Waals surface area contributed by atoms with Gasteiger partial charge in [0, 0.05) is 16.9 Å². The molecule has 7 heteroatoms. The van der Waals surface area contributed by atoms with Crippen LogP contribution in [0.5, 0.6) is 5.75 Å². The van der Waals surface area contributed by atoms with E-state index < -0.39 is 19.9 Å². The van der Waals surface area contributed by atoms with E-state index in [2.05, 4.69) is 52.1 Å². The zero-order chi connectivity index (χ0) is 25.9. The second-order valence-electron chi connectivity index (χ2n) is 10.1. The average Bonchev–Trinajstić information content (AvgIpc) is 3.37. The minimum Gasteiger partial charge on any atom is -0.496 e. The largest absolute Gasteiger partial charge is 0.496 e. The molecule has 0 saturated heterocycles. The highest BCUT2D eigenvalue weighted by atomic mass is 32.1. The van der Waals surface area contributed by atoms with Crippen molar-refractivity contribution >= 4 is 25.6 Å². The van der Waals surface area contributed by atoms with Gasteiger partial charge in [0.1, 0.15) is 11.8 Å². The fraction of sp³-hybridized carbons (Fsp3) is 0.357. The van der Waals surface area contributed by atoms with Gasteiger partial charge in [-0.25, -0.2) is 4.79 Å². The molecule has 0 fully saturated rings. The number of esters is 1. The van der Waals surface area contributed by atoms with Crippen LogP contribution in [0, 0.1) is 11.3 Å². The summed E-state index contributed by atoms with van der Waals surface area (Å²) in [5, 5.41) is 12.6. The van der Waals surface area contributed by atoms with Gasteiger partial charge in [0.05, 0.1) is 19.8 Å². The molecule has 1 aromatic heterocycles. The van der Waals surface area contributed by atoms with Crippen LogP contribution in [-0.2, 0) is 21.2 Å². The standard InChI is InChI=1S/C28H33NO4SSi/c1-27(2,3)35(6,7)33-28(19-29,22-13-11-21(12-14-22)26(30)32-5)18-20-10-15-24(31-4)23(17-20)25-9-8-16-34-25/h8-17H,18H2,1-7H3. The van der Waals surface area contributed by atoms with Gasteiger partial charge in [-0.05, 0) is 65.0 Å². The summed E-state index contributed by atoms with van der Waals surface area (Å²) in [6.07, 6.45) is 0.357. The van der Waals surface area contributed by atoms with Crippen LogP contribution in [0.3, 0.4) is 0 Å². The van der Waals surface area contributed by atoms with Crippen molar-refractivity contribution in [3.05, 3.63) is 76.7 Å². The Kier molecular flexibility index (Phi) is 7.90. The molecule has 1 heterocycles. The fourth-order valence-corrected chi connectivity index (χ4v) is 5.84. The van der Waals surface area contributed by atoms with E-state index >= 15 is 0 Å². The van der Waals surface area contributed by atoms with E-state index in [0.29, 0.717) is 17.5 Å². The summed E-state index contributed by atoms with van der Waals surface area (Å²) >= 11 is 1.64.